The molecule has 1 aliphatic heterocycles. The number of nitrogens with one attached hydrogen (secondary N) is 2. The van der Waals surface area contributed by atoms with Crippen LogP contribution in [-0.4, -0.2) is 21.1 Å². The van der Waals surface area contributed by atoms with E-state index >= 15 is 0 Å². The summed E-state index contributed by atoms with van der Waals surface area (Å²) in [5.74, 6) is 0.811. The highest BCUT2D eigenvalue weighted by Gasteiger charge is 2.28. The van der Waals surface area contributed by atoms with Crippen LogP contribution in [-0.2, 0) is 21.4 Å². The van der Waals surface area contributed by atoms with Gasteiger partial charge in [-0.25, -0.2) is 8.42 Å². The molecule has 3 aromatic rings. The Kier molecular flexibility index (Phi) is 6.09. The van der Waals surface area contributed by atoms with Gasteiger partial charge in [0.15, 0.2) is 11.5 Å². The van der Waals surface area contributed by atoms with Gasteiger partial charge in [0.25, 0.3) is 10.0 Å². The van der Waals surface area contributed by atoms with Gasteiger partial charge in [0.05, 0.1) is 3.79 Å². The fourth-order valence-corrected chi connectivity index (χ4v) is 6.13. The van der Waals surface area contributed by atoms with Crippen molar-refractivity contribution in [2.75, 3.05) is 6.79 Å². The standard InChI is InChI=1S/C20H17BrN2O5S2/c21-17-8-9-18(29-17)30(25,26)23-19(14-4-2-1-3-5-14)20(24)22-11-13-6-7-15-16(10-13)28-12-27-15/h1-10,19,23H,11-12H2,(H,22,24)/t19-/m1/s1. The summed E-state index contributed by atoms with van der Waals surface area (Å²) >= 11 is 4.34. The number of fused-ring (bicyclic) bond motifs is 1. The Morgan fingerprint density at radius 1 is 1.07 bits per heavy atom. The third kappa shape index (κ3) is 4.67. The van der Waals surface area contributed by atoms with Gasteiger partial charge in [-0.2, -0.15) is 4.72 Å². The molecule has 156 valence electrons. The molecule has 0 bridgehead atoms. The normalized spacial score (nSPS) is 13.8. The lowest BCUT2D eigenvalue weighted by atomic mass is 10.1. The molecule has 2 aromatic carbocycles. The second-order valence-electron chi connectivity index (χ2n) is 6.43. The highest BCUT2D eigenvalue weighted by molar-refractivity contribution is 9.11. The number of sulfonamides is 1. The number of rotatable bonds is 7. The minimum atomic E-state index is -3.88. The molecule has 0 saturated carbocycles. The van der Waals surface area contributed by atoms with Crippen molar-refractivity contribution in [3.63, 3.8) is 0 Å². The first kappa shape index (κ1) is 20.9. The number of ether oxygens (including phenoxy) is 2. The van der Waals surface area contributed by atoms with Crippen molar-refractivity contribution in [2.45, 2.75) is 16.8 Å². The topological polar surface area (TPSA) is 93.7 Å². The van der Waals surface area contributed by atoms with Crippen LogP contribution in [0.3, 0.4) is 0 Å². The molecule has 0 radical (unpaired) electrons. The zero-order valence-corrected chi connectivity index (χ0v) is 18.7. The monoisotopic (exact) mass is 508 g/mol. The smallest absolute Gasteiger partial charge is 0.251 e. The predicted octanol–water partition coefficient (Wildman–Crippen LogP) is 3.58. The predicted molar refractivity (Wildman–Crippen MR) is 116 cm³/mol. The lowest BCUT2D eigenvalue weighted by Gasteiger charge is -2.18. The summed E-state index contributed by atoms with van der Waals surface area (Å²) in [4.78, 5) is 13.0. The van der Waals surface area contributed by atoms with Crippen molar-refractivity contribution in [3.05, 3.63) is 75.6 Å². The molecule has 0 spiro atoms. The Bertz CT molecular complexity index is 1160. The first-order chi connectivity index (χ1) is 14.4. The fraction of sp³-hybridized carbons (Fsp3) is 0.150. The SMILES string of the molecule is O=C(NCc1ccc2c(c1)OCO2)[C@H](NS(=O)(=O)c1ccc(Br)s1)c1ccccc1. The molecule has 0 saturated heterocycles. The average molecular weight is 509 g/mol. The van der Waals surface area contributed by atoms with Crippen LogP contribution in [0.15, 0.2) is 68.7 Å². The Balaban J connectivity index is 1.53. The van der Waals surface area contributed by atoms with Crippen molar-refractivity contribution in [3.8, 4) is 11.5 Å². The molecule has 7 nitrogen and oxygen atoms in total. The zero-order chi connectivity index (χ0) is 21.1. The van der Waals surface area contributed by atoms with Crippen molar-refractivity contribution in [1.29, 1.82) is 0 Å². The van der Waals surface area contributed by atoms with Gasteiger partial charge < -0.3 is 14.8 Å². The van der Waals surface area contributed by atoms with Gasteiger partial charge in [-0.1, -0.05) is 36.4 Å². The highest BCUT2D eigenvalue weighted by atomic mass is 79.9. The summed E-state index contributed by atoms with van der Waals surface area (Å²) in [7, 11) is -3.88. The molecule has 10 heteroatoms. The molecular formula is C20H17BrN2O5S2. The van der Waals surface area contributed by atoms with Gasteiger partial charge in [0, 0.05) is 6.54 Å². The van der Waals surface area contributed by atoms with E-state index < -0.39 is 22.0 Å². The molecule has 0 aliphatic carbocycles. The first-order valence-corrected chi connectivity index (χ1v) is 12.0. The van der Waals surface area contributed by atoms with Gasteiger partial charge in [0.1, 0.15) is 10.3 Å². The van der Waals surface area contributed by atoms with Crippen LogP contribution in [0.2, 0.25) is 0 Å². The summed E-state index contributed by atoms with van der Waals surface area (Å²) in [6.07, 6.45) is 0. The average Bonchev–Trinajstić information content (AvgIpc) is 3.39. The molecule has 2 N–H and O–H groups in total. The van der Waals surface area contributed by atoms with E-state index in [-0.39, 0.29) is 17.5 Å². The van der Waals surface area contributed by atoms with Gasteiger partial charge in [-0.3, -0.25) is 4.79 Å². The van der Waals surface area contributed by atoms with E-state index in [1.165, 1.54) is 6.07 Å². The molecule has 0 unspecified atom stereocenters. The van der Waals surface area contributed by atoms with E-state index in [2.05, 4.69) is 26.0 Å². The third-order valence-electron chi connectivity index (χ3n) is 4.39. The van der Waals surface area contributed by atoms with Crippen LogP contribution in [0.25, 0.3) is 0 Å². The van der Waals surface area contributed by atoms with E-state index in [4.69, 9.17) is 9.47 Å². The van der Waals surface area contributed by atoms with E-state index in [0.29, 0.717) is 20.8 Å². The second kappa shape index (κ2) is 8.76. The van der Waals surface area contributed by atoms with Crippen molar-refractivity contribution in [1.82, 2.24) is 10.0 Å². The van der Waals surface area contributed by atoms with E-state index in [0.717, 1.165) is 16.9 Å². The minimum Gasteiger partial charge on any atom is -0.454 e. The summed E-state index contributed by atoms with van der Waals surface area (Å²) < 4.78 is 39.6. The zero-order valence-electron chi connectivity index (χ0n) is 15.5. The Hall–Kier alpha value is -2.40. The minimum absolute atomic E-state index is 0.124. The van der Waals surface area contributed by atoms with Crippen LogP contribution < -0.4 is 19.5 Å². The molecule has 2 heterocycles. The van der Waals surface area contributed by atoms with E-state index in [1.54, 1.807) is 48.5 Å². The summed E-state index contributed by atoms with van der Waals surface area (Å²) in [5, 5.41) is 2.80. The van der Waals surface area contributed by atoms with Crippen molar-refractivity contribution >= 4 is 43.2 Å². The number of amides is 1. The maximum Gasteiger partial charge on any atom is 0.251 e. The van der Waals surface area contributed by atoms with Gasteiger partial charge in [0.2, 0.25) is 12.7 Å². The summed E-state index contributed by atoms with van der Waals surface area (Å²) in [6, 6.07) is 16.2. The number of benzene rings is 2. The van der Waals surface area contributed by atoms with E-state index in [9.17, 15) is 13.2 Å². The molecule has 1 aliphatic rings. The van der Waals surface area contributed by atoms with Crippen LogP contribution in [0, 0.1) is 0 Å². The molecule has 30 heavy (non-hydrogen) atoms. The Labute approximate surface area is 186 Å². The molecular weight excluding hydrogens is 492 g/mol. The lowest BCUT2D eigenvalue weighted by molar-refractivity contribution is -0.123. The molecule has 0 fully saturated rings. The quantitative estimate of drug-likeness (QED) is 0.508. The van der Waals surface area contributed by atoms with Crippen molar-refractivity contribution in [2.24, 2.45) is 0 Å². The molecule has 1 amide bonds. The molecule has 1 aromatic heterocycles. The van der Waals surface area contributed by atoms with Crippen LogP contribution in [0.5, 0.6) is 11.5 Å². The number of carbonyl (C=O) groups is 1. The first-order valence-electron chi connectivity index (χ1n) is 8.91. The van der Waals surface area contributed by atoms with Gasteiger partial charge in [-0.05, 0) is 51.3 Å². The summed E-state index contributed by atoms with van der Waals surface area (Å²) in [5.41, 5.74) is 1.35. The summed E-state index contributed by atoms with van der Waals surface area (Å²) in [6.45, 7) is 0.382. The molecule has 4 rings (SSSR count). The number of halogens is 1. The second-order valence-corrected chi connectivity index (χ2v) is 10.8. The van der Waals surface area contributed by atoms with Gasteiger partial charge >= 0.3 is 0 Å². The number of carbonyl (C=O) groups excluding carboxylic acids is 1. The number of hydrogen-bond donors (Lipinski definition) is 2. The largest absolute Gasteiger partial charge is 0.454 e. The van der Waals surface area contributed by atoms with Gasteiger partial charge in [-0.15, -0.1) is 11.3 Å². The van der Waals surface area contributed by atoms with Crippen molar-refractivity contribution < 1.29 is 22.7 Å². The highest BCUT2D eigenvalue weighted by Crippen LogP contribution is 2.32. The Morgan fingerprint density at radius 3 is 2.57 bits per heavy atom. The van der Waals surface area contributed by atoms with Crippen LogP contribution >= 0.6 is 27.3 Å². The third-order valence-corrected chi connectivity index (χ3v) is 7.92. The maximum atomic E-state index is 13.0. The molecule has 1 atom stereocenters. The van der Waals surface area contributed by atoms with Crippen LogP contribution in [0.4, 0.5) is 0 Å². The number of thiophene rings is 1. The van der Waals surface area contributed by atoms with E-state index in [1.807, 2.05) is 6.07 Å². The fourth-order valence-electron chi connectivity index (χ4n) is 2.92. The lowest BCUT2D eigenvalue weighted by Crippen LogP contribution is -2.40. The Morgan fingerprint density at radius 2 is 1.83 bits per heavy atom. The van der Waals surface area contributed by atoms with Crippen LogP contribution in [0.1, 0.15) is 17.2 Å². The number of hydrogen-bond acceptors (Lipinski definition) is 6. The maximum absolute atomic E-state index is 13.0.